The van der Waals surface area contributed by atoms with Crippen molar-refractivity contribution in [3.8, 4) is 5.82 Å². The van der Waals surface area contributed by atoms with Crippen molar-refractivity contribution >= 4 is 15.9 Å². The summed E-state index contributed by atoms with van der Waals surface area (Å²) in [6.45, 7) is 0. The van der Waals surface area contributed by atoms with Crippen LogP contribution in [0.15, 0.2) is 33.9 Å². The van der Waals surface area contributed by atoms with Gasteiger partial charge in [0.15, 0.2) is 12.2 Å². The molecule has 4 nitrogen and oxygen atoms in total. The fraction of sp³-hybridized carbons (Fsp3) is 0. The lowest BCUT2D eigenvalue weighted by Crippen LogP contribution is -1.92. The Kier molecular flexibility index (Phi) is 1.50. The first kappa shape index (κ1) is 6.60. The zero-order valence-electron chi connectivity index (χ0n) is 5.44. The molecule has 0 spiro atoms. The van der Waals surface area contributed by atoms with Gasteiger partial charge >= 0.3 is 0 Å². The molecule has 2 rings (SSSR count). The van der Waals surface area contributed by atoms with Crippen LogP contribution in [0.3, 0.4) is 0 Å². The van der Waals surface area contributed by atoms with Gasteiger partial charge in [0.05, 0.1) is 10.7 Å². The highest BCUT2D eigenvalue weighted by Gasteiger charge is 1.99. The number of nitrogens with zero attached hydrogens (tertiary/aromatic N) is 3. The predicted molar refractivity (Wildman–Crippen MR) is 41.3 cm³/mol. The van der Waals surface area contributed by atoms with Crippen molar-refractivity contribution in [2.24, 2.45) is 0 Å². The molecule has 0 aromatic carbocycles. The van der Waals surface area contributed by atoms with Crippen molar-refractivity contribution in [3.05, 3.63) is 29.5 Å². The van der Waals surface area contributed by atoms with E-state index in [1.165, 1.54) is 12.7 Å². The Morgan fingerprint density at radius 1 is 1.55 bits per heavy atom. The molecule has 0 aliphatic rings. The Bertz CT molecular complexity index is 340. The third-order valence-electron chi connectivity index (χ3n) is 1.21. The van der Waals surface area contributed by atoms with Crippen molar-refractivity contribution in [1.29, 1.82) is 0 Å². The van der Waals surface area contributed by atoms with Crippen molar-refractivity contribution in [2.45, 2.75) is 0 Å². The van der Waals surface area contributed by atoms with Crippen LogP contribution in [0.5, 0.6) is 0 Å². The molecule has 5 heteroatoms. The minimum atomic E-state index is 0.677. The molecule has 0 fully saturated rings. The number of oxazole rings is 1. The maximum Gasteiger partial charge on any atom is 0.192 e. The largest absolute Gasteiger partial charge is 0.449 e. The van der Waals surface area contributed by atoms with E-state index in [4.69, 9.17) is 4.42 Å². The van der Waals surface area contributed by atoms with Gasteiger partial charge in [0.1, 0.15) is 6.26 Å². The smallest absolute Gasteiger partial charge is 0.192 e. The molecule has 0 saturated carbocycles. The van der Waals surface area contributed by atoms with Crippen molar-refractivity contribution < 1.29 is 4.42 Å². The molecule has 0 aliphatic heterocycles. The van der Waals surface area contributed by atoms with Crippen LogP contribution in [-0.2, 0) is 0 Å². The molecule has 0 amide bonds. The van der Waals surface area contributed by atoms with Gasteiger partial charge in [-0.25, -0.2) is 4.68 Å². The van der Waals surface area contributed by atoms with Crippen LogP contribution in [0.1, 0.15) is 0 Å². The minimum Gasteiger partial charge on any atom is -0.449 e. The van der Waals surface area contributed by atoms with Crippen LogP contribution in [0, 0.1) is 0 Å². The monoisotopic (exact) mass is 213 g/mol. The van der Waals surface area contributed by atoms with Crippen molar-refractivity contribution in [2.75, 3.05) is 0 Å². The highest BCUT2D eigenvalue weighted by atomic mass is 79.9. The Hall–Kier alpha value is -1.10. The van der Waals surface area contributed by atoms with Gasteiger partial charge in [0.25, 0.3) is 0 Å². The van der Waals surface area contributed by atoms with E-state index in [0.717, 1.165) is 4.47 Å². The summed E-state index contributed by atoms with van der Waals surface area (Å²) >= 11 is 3.28. The Balaban J connectivity index is 2.45. The predicted octanol–water partition coefficient (Wildman–Crippen LogP) is 1.62. The lowest BCUT2D eigenvalue weighted by Gasteiger charge is -1.89. The summed E-state index contributed by atoms with van der Waals surface area (Å²) in [5, 5.41) is 4.01. The van der Waals surface area contributed by atoms with Gasteiger partial charge in [-0.05, 0) is 15.9 Å². The summed E-state index contributed by atoms with van der Waals surface area (Å²) in [6.07, 6.45) is 6.39. The van der Waals surface area contributed by atoms with Gasteiger partial charge in [-0.1, -0.05) is 0 Å². The second-order valence-electron chi connectivity index (χ2n) is 1.95. The molecule has 11 heavy (non-hydrogen) atoms. The van der Waals surface area contributed by atoms with E-state index < -0.39 is 0 Å². The first-order valence-corrected chi connectivity index (χ1v) is 3.74. The van der Waals surface area contributed by atoms with Gasteiger partial charge in [0.2, 0.25) is 0 Å². The van der Waals surface area contributed by atoms with E-state index in [9.17, 15) is 0 Å². The van der Waals surface area contributed by atoms with E-state index in [1.807, 2.05) is 0 Å². The van der Waals surface area contributed by atoms with Crippen LogP contribution in [-0.4, -0.2) is 14.8 Å². The average Bonchev–Trinajstić information content (AvgIpc) is 2.55. The Morgan fingerprint density at radius 3 is 3.00 bits per heavy atom. The molecule has 0 bridgehead atoms. The highest BCUT2D eigenvalue weighted by Crippen LogP contribution is 2.09. The third kappa shape index (κ3) is 1.19. The third-order valence-corrected chi connectivity index (χ3v) is 1.61. The summed E-state index contributed by atoms with van der Waals surface area (Å²) in [6, 6.07) is 0. The standard InChI is InChI=1S/C6H4BrN3O/c7-5-1-9-10(2-5)6-3-11-4-8-6/h1-4H. The van der Waals surface area contributed by atoms with Crippen molar-refractivity contribution in [3.63, 3.8) is 0 Å². The zero-order chi connectivity index (χ0) is 7.68. The lowest BCUT2D eigenvalue weighted by atomic mass is 10.7. The quantitative estimate of drug-likeness (QED) is 0.724. The van der Waals surface area contributed by atoms with Gasteiger partial charge < -0.3 is 4.42 Å². The number of halogens is 1. The van der Waals surface area contributed by atoms with E-state index in [-0.39, 0.29) is 0 Å². The molecule has 0 N–H and O–H groups in total. The number of rotatable bonds is 1. The maximum atomic E-state index is 4.79. The molecular weight excluding hydrogens is 210 g/mol. The first-order valence-electron chi connectivity index (χ1n) is 2.95. The van der Waals surface area contributed by atoms with E-state index in [0.29, 0.717) is 5.82 Å². The number of aromatic nitrogens is 3. The summed E-state index contributed by atoms with van der Waals surface area (Å²) in [4.78, 5) is 3.91. The van der Waals surface area contributed by atoms with E-state index >= 15 is 0 Å². The normalized spacial score (nSPS) is 10.3. The SMILES string of the molecule is Brc1cnn(-c2cocn2)c1. The highest BCUT2D eigenvalue weighted by molar-refractivity contribution is 9.10. The minimum absolute atomic E-state index is 0.677. The first-order chi connectivity index (χ1) is 5.36. The van der Waals surface area contributed by atoms with Gasteiger partial charge in [-0.15, -0.1) is 0 Å². The molecule has 0 aliphatic carbocycles. The molecule has 56 valence electrons. The molecule has 0 saturated heterocycles. The molecule has 0 unspecified atom stereocenters. The summed E-state index contributed by atoms with van der Waals surface area (Å²) in [5.41, 5.74) is 0. The van der Waals surface area contributed by atoms with Gasteiger partial charge in [-0.3, -0.25) is 0 Å². The summed E-state index contributed by atoms with van der Waals surface area (Å²) < 4.78 is 7.33. The Morgan fingerprint density at radius 2 is 2.45 bits per heavy atom. The van der Waals surface area contributed by atoms with Crippen LogP contribution in [0.4, 0.5) is 0 Å². The second kappa shape index (κ2) is 2.50. The second-order valence-corrected chi connectivity index (χ2v) is 2.87. The van der Waals surface area contributed by atoms with Crippen molar-refractivity contribution in [1.82, 2.24) is 14.8 Å². The van der Waals surface area contributed by atoms with E-state index in [2.05, 4.69) is 26.0 Å². The zero-order valence-corrected chi connectivity index (χ0v) is 7.02. The average molecular weight is 214 g/mol. The van der Waals surface area contributed by atoms with Crippen LogP contribution >= 0.6 is 15.9 Å². The fourth-order valence-electron chi connectivity index (χ4n) is 0.745. The number of hydrogen-bond acceptors (Lipinski definition) is 3. The van der Waals surface area contributed by atoms with Gasteiger partial charge in [-0.2, -0.15) is 10.1 Å². The molecule has 0 radical (unpaired) electrons. The molecule has 0 atom stereocenters. The molecular formula is C6H4BrN3O. The molecule has 2 heterocycles. The Labute approximate surface area is 71.0 Å². The van der Waals surface area contributed by atoms with E-state index in [1.54, 1.807) is 17.1 Å². The summed E-state index contributed by atoms with van der Waals surface area (Å²) in [7, 11) is 0. The molecule has 2 aromatic rings. The topological polar surface area (TPSA) is 43.9 Å². The fourth-order valence-corrected chi connectivity index (χ4v) is 1.03. The van der Waals surface area contributed by atoms with Crippen LogP contribution in [0.25, 0.3) is 5.82 Å². The van der Waals surface area contributed by atoms with Gasteiger partial charge in [0, 0.05) is 6.20 Å². The van der Waals surface area contributed by atoms with Crippen LogP contribution in [0.2, 0.25) is 0 Å². The summed E-state index contributed by atoms with van der Waals surface area (Å²) in [5.74, 6) is 0.677. The maximum absolute atomic E-state index is 4.79. The van der Waals surface area contributed by atoms with Crippen LogP contribution < -0.4 is 0 Å². The number of hydrogen-bond donors (Lipinski definition) is 0. The lowest BCUT2D eigenvalue weighted by molar-refractivity contribution is 0.556. The molecule has 2 aromatic heterocycles.